The van der Waals surface area contributed by atoms with Crippen molar-refractivity contribution in [3.8, 4) is 5.69 Å². The van der Waals surface area contributed by atoms with Crippen LogP contribution in [0.3, 0.4) is 0 Å². The Morgan fingerprint density at radius 3 is 2.85 bits per heavy atom. The van der Waals surface area contributed by atoms with E-state index >= 15 is 0 Å². The number of benzene rings is 1. The zero-order valence-electron chi connectivity index (χ0n) is 14.3. The first-order valence-corrected chi connectivity index (χ1v) is 8.26. The van der Waals surface area contributed by atoms with Crippen molar-refractivity contribution in [1.29, 1.82) is 0 Å². The van der Waals surface area contributed by atoms with Gasteiger partial charge in [0.1, 0.15) is 6.04 Å². The van der Waals surface area contributed by atoms with E-state index in [0.717, 1.165) is 5.56 Å². The van der Waals surface area contributed by atoms with E-state index < -0.39 is 17.9 Å². The molecular formula is C17H15N5O5. The Morgan fingerprint density at radius 2 is 2.11 bits per heavy atom. The molecular weight excluding hydrogens is 354 g/mol. The molecule has 2 aliphatic rings. The molecule has 3 amide bonds. The summed E-state index contributed by atoms with van der Waals surface area (Å²) >= 11 is 0. The number of esters is 1. The minimum Gasteiger partial charge on any atom is -0.464 e. The number of methoxy groups -OCH3 is 1. The molecule has 0 spiro atoms. The molecule has 1 N–H and O–H groups in total. The number of imide groups is 1. The molecule has 1 fully saturated rings. The maximum Gasteiger partial charge on any atom is 0.360 e. The van der Waals surface area contributed by atoms with E-state index in [1.807, 2.05) is 0 Å². The van der Waals surface area contributed by atoms with E-state index in [1.54, 1.807) is 18.2 Å². The quantitative estimate of drug-likeness (QED) is 0.588. The minimum absolute atomic E-state index is 0.0505. The number of carbonyl (C=O) groups is 4. The van der Waals surface area contributed by atoms with Crippen LogP contribution in [0.4, 0.5) is 0 Å². The number of fused-ring (bicyclic) bond motifs is 1. The van der Waals surface area contributed by atoms with Gasteiger partial charge >= 0.3 is 5.97 Å². The lowest BCUT2D eigenvalue weighted by Crippen LogP contribution is -2.52. The molecule has 0 radical (unpaired) electrons. The van der Waals surface area contributed by atoms with Crippen LogP contribution < -0.4 is 5.32 Å². The van der Waals surface area contributed by atoms with Crippen LogP contribution in [0.2, 0.25) is 0 Å². The first-order valence-electron chi connectivity index (χ1n) is 8.26. The van der Waals surface area contributed by atoms with Crippen molar-refractivity contribution < 1.29 is 23.9 Å². The van der Waals surface area contributed by atoms with Crippen molar-refractivity contribution in [2.75, 3.05) is 7.11 Å². The van der Waals surface area contributed by atoms with Crippen molar-refractivity contribution in [2.45, 2.75) is 25.4 Å². The molecule has 1 atom stereocenters. The van der Waals surface area contributed by atoms with Crippen molar-refractivity contribution in [2.24, 2.45) is 0 Å². The van der Waals surface area contributed by atoms with Gasteiger partial charge in [0.2, 0.25) is 11.8 Å². The van der Waals surface area contributed by atoms with Gasteiger partial charge in [-0.3, -0.25) is 19.7 Å². The van der Waals surface area contributed by atoms with Crippen LogP contribution in [-0.4, -0.2) is 56.7 Å². The third-order valence-electron chi connectivity index (χ3n) is 4.66. The van der Waals surface area contributed by atoms with Crippen molar-refractivity contribution in [3.05, 3.63) is 41.2 Å². The van der Waals surface area contributed by atoms with Crippen LogP contribution in [0.25, 0.3) is 5.69 Å². The predicted octanol–water partition coefficient (Wildman–Crippen LogP) is -0.185. The van der Waals surface area contributed by atoms with Crippen LogP contribution >= 0.6 is 0 Å². The van der Waals surface area contributed by atoms with E-state index in [2.05, 4.69) is 20.4 Å². The summed E-state index contributed by atoms with van der Waals surface area (Å²) in [7, 11) is 1.25. The second-order valence-corrected chi connectivity index (χ2v) is 6.28. The molecule has 0 saturated carbocycles. The van der Waals surface area contributed by atoms with Gasteiger partial charge in [0, 0.05) is 18.5 Å². The third-order valence-corrected chi connectivity index (χ3v) is 4.66. The molecule has 138 valence electrons. The molecule has 1 saturated heterocycles. The fourth-order valence-corrected chi connectivity index (χ4v) is 3.27. The van der Waals surface area contributed by atoms with Gasteiger partial charge in [-0.2, -0.15) is 0 Å². The first-order chi connectivity index (χ1) is 13.0. The van der Waals surface area contributed by atoms with Crippen LogP contribution in [0.5, 0.6) is 0 Å². The number of rotatable bonds is 3. The Balaban J connectivity index is 1.60. The highest BCUT2D eigenvalue weighted by Crippen LogP contribution is 2.28. The molecule has 4 rings (SSSR count). The fourth-order valence-electron chi connectivity index (χ4n) is 3.27. The van der Waals surface area contributed by atoms with Gasteiger partial charge in [0.25, 0.3) is 5.91 Å². The van der Waals surface area contributed by atoms with Crippen molar-refractivity contribution >= 4 is 23.7 Å². The topological polar surface area (TPSA) is 123 Å². The second kappa shape index (κ2) is 6.31. The maximum absolute atomic E-state index is 12.8. The number of hydrogen-bond acceptors (Lipinski definition) is 7. The number of piperidine rings is 1. The van der Waals surface area contributed by atoms with E-state index in [0.29, 0.717) is 24.2 Å². The summed E-state index contributed by atoms with van der Waals surface area (Å²) in [5, 5.41) is 9.89. The molecule has 2 aromatic rings. The van der Waals surface area contributed by atoms with Gasteiger partial charge in [-0.1, -0.05) is 11.3 Å². The SMILES string of the molecule is COC(=O)c1cn(-c2ccc3c(c2)C(=O)N(C2CCC(=O)NC2=O)C3)nn1. The van der Waals surface area contributed by atoms with Crippen molar-refractivity contribution in [3.63, 3.8) is 0 Å². The molecule has 2 aliphatic heterocycles. The lowest BCUT2D eigenvalue weighted by Gasteiger charge is -2.29. The third kappa shape index (κ3) is 2.84. The van der Waals surface area contributed by atoms with Gasteiger partial charge in [0.05, 0.1) is 19.0 Å². The highest BCUT2D eigenvalue weighted by atomic mass is 16.5. The molecule has 1 aromatic carbocycles. The highest BCUT2D eigenvalue weighted by Gasteiger charge is 2.39. The number of ether oxygens (including phenoxy) is 1. The Kier molecular flexibility index (Phi) is 3.94. The van der Waals surface area contributed by atoms with E-state index in [1.165, 1.54) is 22.9 Å². The summed E-state index contributed by atoms with van der Waals surface area (Å²) in [6.45, 7) is 0.297. The predicted molar refractivity (Wildman–Crippen MR) is 88.7 cm³/mol. The number of nitrogens with zero attached hydrogens (tertiary/aromatic N) is 4. The number of carbonyl (C=O) groups excluding carboxylic acids is 4. The summed E-state index contributed by atoms with van der Waals surface area (Å²) < 4.78 is 5.97. The number of nitrogens with one attached hydrogen (secondary N) is 1. The van der Waals surface area contributed by atoms with E-state index in [9.17, 15) is 19.2 Å². The standard InChI is InChI=1S/C17H15N5O5/c1-27-17(26)12-8-22(20-19-12)10-3-2-9-7-21(16(25)11(9)6-10)13-4-5-14(23)18-15(13)24/h2-3,6,8,13H,4-5,7H2,1H3,(H,18,23,24). The lowest BCUT2D eigenvalue weighted by molar-refractivity contribution is -0.136. The second-order valence-electron chi connectivity index (χ2n) is 6.28. The smallest absolute Gasteiger partial charge is 0.360 e. The zero-order chi connectivity index (χ0) is 19.1. The molecule has 3 heterocycles. The normalized spacial score (nSPS) is 19.1. The number of amides is 3. The molecule has 1 aromatic heterocycles. The average Bonchev–Trinajstić information content (AvgIpc) is 3.27. The minimum atomic E-state index is -0.664. The molecule has 1 unspecified atom stereocenters. The van der Waals surface area contributed by atoms with Crippen LogP contribution in [0.15, 0.2) is 24.4 Å². The number of aromatic nitrogens is 3. The summed E-state index contributed by atoms with van der Waals surface area (Å²) in [6.07, 6.45) is 1.92. The molecule has 10 heteroatoms. The van der Waals surface area contributed by atoms with E-state index in [4.69, 9.17) is 0 Å². The molecule has 10 nitrogen and oxygen atoms in total. The first kappa shape index (κ1) is 16.9. The Morgan fingerprint density at radius 1 is 1.30 bits per heavy atom. The average molecular weight is 369 g/mol. The van der Waals surface area contributed by atoms with Gasteiger partial charge in [0.15, 0.2) is 5.69 Å². The Hall–Kier alpha value is -3.56. The van der Waals surface area contributed by atoms with E-state index in [-0.39, 0.29) is 23.9 Å². The molecule has 0 aliphatic carbocycles. The maximum atomic E-state index is 12.8. The van der Waals surface area contributed by atoms with Crippen LogP contribution in [-0.2, 0) is 20.9 Å². The largest absolute Gasteiger partial charge is 0.464 e. The molecule has 27 heavy (non-hydrogen) atoms. The fraction of sp³-hybridized carbons (Fsp3) is 0.294. The summed E-state index contributed by atoms with van der Waals surface area (Å²) in [5.74, 6) is -1.67. The van der Waals surface area contributed by atoms with Gasteiger partial charge in [-0.15, -0.1) is 5.10 Å². The van der Waals surface area contributed by atoms with Crippen LogP contribution in [0, 0.1) is 0 Å². The Bertz CT molecular complexity index is 982. The lowest BCUT2D eigenvalue weighted by atomic mass is 10.0. The summed E-state index contributed by atoms with van der Waals surface area (Å²) in [5.41, 5.74) is 1.83. The Labute approximate surface area is 153 Å². The van der Waals surface area contributed by atoms with Gasteiger partial charge in [-0.05, 0) is 24.1 Å². The van der Waals surface area contributed by atoms with Gasteiger partial charge < -0.3 is 9.64 Å². The van der Waals surface area contributed by atoms with Crippen molar-refractivity contribution in [1.82, 2.24) is 25.2 Å². The highest BCUT2D eigenvalue weighted by molar-refractivity contribution is 6.05. The summed E-state index contributed by atoms with van der Waals surface area (Å²) in [4.78, 5) is 49.2. The zero-order valence-corrected chi connectivity index (χ0v) is 14.3. The molecule has 0 bridgehead atoms. The summed E-state index contributed by atoms with van der Waals surface area (Å²) in [6, 6.07) is 4.49. The monoisotopic (exact) mass is 369 g/mol. The van der Waals surface area contributed by atoms with Gasteiger partial charge in [-0.25, -0.2) is 9.48 Å². The number of hydrogen-bond donors (Lipinski definition) is 1. The van der Waals surface area contributed by atoms with Crippen LogP contribution in [0.1, 0.15) is 39.3 Å².